The Bertz CT molecular complexity index is 528. The molecule has 0 fully saturated rings. The van der Waals surface area contributed by atoms with Crippen molar-refractivity contribution in [2.75, 3.05) is 5.73 Å². The van der Waals surface area contributed by atoms with Crippen molar-refractivity contribution in [2.24, 2.45) is 13.0 Å². The summed E-state index contributed by atoms with van der Waals surface area (Å²) in [6.07, 6.45) is 3.57. The van der Waals surface area contributed by atoms with Crippen LogP contribution in [0.5, 0.6) is 0 Å². The fourth-order valence-electron chi connectivity index (χ4n) is 2.01. The molecule has 4 heteroatoms. The van der Waals surface area contributed by atoms with E-state index in [1.807, 2.05) is 19.2 Å². The summed E-state index contributed by atoms with van der Waals surface area (Å²) in [5, 5.41) is 4.58. The molecular formula is C14H20N4. The van der Waals surface area contributed by atoms with E-state index in [1.54, 1.807) is 17.1 Å². The van der Waals surface area contributed by atoms with Crippen LogP contribution in [0.25, 0.3) is 11.1 Å². The number of aromatic nitrogens is 3. The summed E-state index contributed by atoms with van der Waals surface area (Å²) >= 11 is 0. The highest BCUT2D eigenvalue weighted by Gasteiger charge is 2.22. The summed E-state index contributed by atoms with van der Waals surface area (Å²) in [5.74, 6) is 1.61. The lowest BCUT2D eigenvalue weighted by molar-refractivity contribution is 0.517. The molecule has 2 aromatic heterocycles. The molecular weight excluding hydrogens is 224 g/mol. The minimum Gasteiger partial charge on any atom is -0.383 e. The van der Waals surface area contributed by atoms with Gasteiger partial charge >= 0.3 is 0 Å². The topological polar surface area (TPSA) is 56.7 Å². The average molecular weight is 244 g/mol. The van der Waals surface area contributed by atoms with E-state index >= 15 is 0 Å². The molecule has 0 aliphatic carbocycles. The predicted octanol–water partition coefficient (Wildman–Crippen LogP) is 2.82. The van der Waals surface area contributed by atoms with Gasteiger partial charge in [0.2, 0.25) is 0 Å². The molecule has 0 amide bonds. The van der Waals surface area contributed by atoms with Gasteiger partial charge < -0.3 is 5.73 Å². The molecule has 2 aromatic rings. The number of nitrogens with two attached hydrogens (primary N) is 1. The van der Waals surface area contributed by atoms with Crippen LogP contribution < -0.4 is 5.73 Å². The van der Waals surface area contributed by atoms with Crippen molar-refractivity contribution in [2.45, 2.75) is 26.7 Å². The summed E-state index contributed by atoms with van der Waals surface area (Å²) in [6, 6.07) is 3.95. The second kappa shape index (κ2) is 4.80. The zero-order valence-corrected chi connectivity index (χ0v) is 11.4. The zero-order chi connectivity index (χ0) is 13.3. The van der Waals surface area contributed by atoms with Crippen molar-refractivity contribution in [1.82, 2.24) is 14.8 Å². The molecule has 2 N–H and O–H groups in total. The normalized spacial score (nSPS) is 12.9. The van der Waals surface area contributed by atoms with Crippen LogP contribution >= 0.6 is 0 Å². The van der Waals surface area contributed by atoms with Gasteiger partial charge in [-0.25, -0.2) is 0 Å². The van der Waals surface area contributed by atoms with Crippen LogP contribution in [0, 0.1) is 5.92 Å². The Hall–Kier alpha value is -1.84. The first-order valence-corrected chi connectivity index (χ1v) is 6.25. The maximum Gasteiger partial charge on any atom is 0.129 e. The van der Waals surface area contributed by atoms with Gasteiger partial charge in [0.05, 0.1) is 5.69 Å². The monoisotopic (exact) mass is 244 g/mol. The molecule has 0 saturated carbocycles. The molecule has 1 unspecified atom stereocenters. The highest BCUT2D eigenvalue weighted by atomic mass is 15.3. The fourth-order valence-corrected chi connectivity index (χ4v) is 2.01. The van der Waals surface area contributed by atoms with Crippen molar-refractivity contribution in [3.8, 4) is 11.1 Å². The first-order valence-electron chi connectivity index (χ1n) is 6.25. The molecule has 4 nitrogen and oxygen atoms in total. The molecule has 2 rings (SSSR count). The predicted molar refractivity (Wildman–Crippen MR) is 74.1 cm³/mol. The Morgan fingerprint density at radius 3 is 2.33 bits per heavy atom. The second-order valence-electron chi connectivity index (χ2n) is 5.04. The van der Waals surface area contributed by atoms with Crippen LogP contribution in [0.15, 0.2) is 24.5 Å². The lowest BCUT2D eigenvalue weighted by Gasteiger charge is -2.15. The van der Waals surface area contributed by atoms with E-state index in [0.717, 1.165) is 16.8 Å². The van der Waals surface area contributed by atoms with Gasteiger partial charge in [-0.05, 0) is 23.6 Å². The third kappa shape index (κ3) is 2.10. The van der Waals surface area contributed by atoms with Gasteiger partial charge in [0.15, 0.2) is 0 Å². The van der Waals surface area contributed by atoms with Crippen molar-refractivity contribution < 1.29 is 0 Å². The highest BCUT2D eigenvalue weighted by molar-refractivity contribution is 5.76. The number of pyridine rings is 1. The molecule has 0 aromatic carbocycles. The molecule has 18 heavy (non-hydrogen) atoms. The quantitative estimate of drug-likeness (QED) is 0.903. The summed E-state index contributed by atoms with van der Waals surface area (Å²) in [5.41, 5.74) is 9.34. The number of nitrogens with zero attached hydrogens (tertiary/aromatic N) is 3. The van der Waals surface area contributed by atoms with Gasteiger partial charge in [-0.2, -0.15) is 5.10 Å². The van der Waals surface area contributed by atoms with Crippen molar-refractivity contribution in [1.29, 1.82) is 0 Å². The first-order chi connectivity index (χ1) is 8.52. The minimum absolute atomic E-state index is 0.372. The number of nitrogen functional groups attached to an aromatic ring is 1. The van der Waals surface area contributed by atoms with Gasteiger partial charge in [-0.15, -0.1) is 0 Å². The van der Waals surface area contributed by atoms with Gasteiger partial charge in [0, 0.05) is 30.9 Å². The first kappa shape index (κ1) is 12.6. The summed E-state index contributed by atoms with van der Waals surface area (Å²) < 4.78 is 1.75. The third-order valence-electron chi connectivity index (χ3n) is 3.52. The van der Waals surface area contributed by atoms with Crippen molar-refractivity contribution >= 4 is 5.82 Å². The molecule has 0 saturated heterocycles. The Balaban J connectivity index is 2.59. The summed E-state index contributed by atoms with van der Waals surface area (Å²) in [4.78, 5) is 4.05. The minimum atomic E-state index is 0.372. The van der Waals surface area contributed by atoms with Gasteiger partial charge in [0.1, 0.15) is 5.82 Å². The van der Waals surface area contributed by atoms with Crippen LogP contribution in [-0.2, 0) is 7.05 Å². The standard InChI is InChI=1S/C14H20N4/c1-9(2)10(3)13-12(14(15)18(4)17-13)11-5-7-16-8-6-11/h5-10H,15H2,1-4H3. The maximum absolute atomic E-state index is 6.15. The Kier molecular flexibility index (Phi) is 3.36. The summed E-state index contributed by atoms with van der Waals surface area (Å²) in [6.45, 7) is 6.59. The van der Waals surface area contributed by atoms with Crippen molar-refractivity contribution in [3.63, 3.8) is 0 Å². The van der Waals surface area contributed by atoms with Crippen LogP contribution in [-0.4, -0.2) is 14.8 Å². The molecule has 0 radical (unpaired) electrons. The molecule has 0 aliphatic heterocycles. The zero-order valence-electron chi connectivity index (χ0n) is 11.4. The lowest BCUT2D eigenvalue weighted by atomic mass is 9.90. The molecule has 0 spiro atoms. The van der Waals surface area contributed by atoms with E-state index in [9.17, 15) is 0 Å². The van der Waals surface area contributed by atoms with Gasteiger partial charge in [0.25, 0.3) is 0 Å². The molecule has 2 heterocycles. The van der Waals surface area contributed by atoms with E-state index in [1.165, 1.54) is 0 Å². The number of aryl methyl sites for hydroxylation is 1. The Labute approximate surface area is 108 Å². The second-order valence-corrected chi connectivity index (χ2v) is 5.04. The summed E-state index contributed by atoms with van der Waals surface area (Å²) in [7, 11) is 1.89. The van der Waals surface area contributed by atoms with Crippen LogP contribution in [0.4, 0.5) is 5.82 Å². The van der Waals surface area contributed by atoms with Crippen LogP contribution in [0.2, 0.25) is 0 Å². The fraction of sp³-hybridized carbons (Fsp3) is 0.429. The molecule has 1 atom stereocenters. The number of anilines is 1. The van der Waals surface area contributed by atoms with Crippen molar-refractivity contribution in [3.05, 3.63) is 30.2 Å². The van der Waals surface area contributed by atoms with Gasteiger partial charge in [-0.1, -0.05) is 20.8 Å². The van der Waals surface area contributed by atoms with E-state index in [-0.39, 0.29) is 0 Å². The van der Waals surface area contributed by atoms with E-state index in [4.69, 9.17) is 5.73 Å². The highest BCUT2D eigenvalue weighted by Crippen LogP contribution is 2.35. The Morgan fingerprint density at radius 2 is 1.78 bits per heavy atom. The molecule has 0 aliphatic rings. The largest absolute Gasteiger partial charge is 0.383 e. The number of hydrogen-bond donors (Lipinski definition) is 1. The van der Waals surface area contributed by atoms with Gasteiger partial charge in [-0.3, -0.25) is 9.67 Å². The van der Waals surface area contributed by atoms with E-state index in [2.05, 4.69) is 30.9 Å². The van der Waals surface area contributed by atoms with Crippen LogP contribution in [0.3, 0.4) is 0 Å². The number of hydrogen-bond acceptors (Lipinski definition) is 3. The molecule has 96 valence electrons. The van der Waals surface area contributed by atoms with E-state index in [0.29, 0.717) is 17.7 Å². The number of rotatable bonds is 3. The van der Waals surface area contributed by atoms with Crippen LogP contribution in [0.1, 0.15) is 32.4 Å². The smallest absolute Gasteiger partial charge is 0.129 e. The lowest BCUT2D eigenvalue weighted by Crippen LogP contribution is -2.04. The Morgan fingerprint density at radius 1 is 1.17 bits per heavy atom. The average Bonchev–Trinajstić information content (AvgIpc) is 2.66. The SMILES string of the molecule is CC(C)C(C)c1nn(C)c(N)c1-c1ccncc1. The maximum atomic E-state index is 6.15. The van der Waals surface area contributed by atoms with E-state index < -0.39 is 0 Å². The molecule has 0 bridgehead atoms. The third-order valence-corrected chi connectivity index (χ3v) is 3.52.